The largest absolute Gasteiger partial charge is 0.395 e. The smallest absolute Gasteiger partial charge is 0.196 e. The van der Waals surface area contributed by atoms with Crippen LogP contribution in [-0.2, 0) is 0 Å². The third-order valence-corrected chi connectivity index (χ3v) is 4.71. The first-order valence-electron chi connectivity index (χ1n) is 8.73. The zero-order valence-corrected chi connectivity index (χ0v) is 14.2. The van der Waals surface area contributed by atoms with Crippen LogP contribution in [0.5, 0.6) is 0 Å². The number of fused-ring (bicyclic) bond motifs is 2. The second-order valence-corrected chi connectivity index (χ2v) is 6.32. The van der Waals surface area contributed by atoms with Gasteiger partial charge in [0.2, 0.25) is 0 Å². The number of hydrogen-bond donors (Lipinski definition) is 5. The first kappa shape index (κ1) is 16.8. The fourth-order valence-electron chi connectivity index (χ4n) is 3.64. The fourth-order valence-corrected chi connectivity index (χ4v) is 3.64. The molecule has 26 heavy (non-hydrogen) atoms. The summed E-state index contributed by atoms with van der Waals surface area (Å²) in [5, 5.41) is 28.0. The van der Waals surface area contributed by atoms with Crippen molar-refractivity contribution in [1.29, 1.82) is 0 Å². The van der Waals surface area contributed by atoms with Gasteiger partial charge in [-0.2, -0.15) is 0 Å². The SMILES string of the molecule is O=C1c2ccccc2C2=CC(NCCO)Nc3ccc(NCCO)c1c32. The van der Waals surface area contributed by atoms with Crippen molar-refractivity contribution in [2.75, 3.05) is 36.9 Å². The summed E-state index contributed by atoms with van der Waals surface area (Å²) >= 11 is 0. The van der Waals surface area contributed by atoms with Crippen molar-refractivity contribution in [3.8, 4) is 0 Å². The highest BCUT2D eigenvalue weighted by Crippen LogP contribution is 2.44. The Balaban J connectivity index is 1.89. The van der Waals surface area contributed by atoms with Crippen LogP contribution < -0.4 is 16.0 Å². The molecule has 6 heteroatoms. The molecule has 2 aromatic rings. The van der Waals surface area contributed by atoms with Gasteiger partial charge < -0.3 is 20.8 Å². The van der Waals surface area contributed by atoms with Crippen molar-refractivity contribution < 1.29 is 15.0 Å². The average Bonchev–Trinajstić information content (AvgIpc) is 2.68. The predicted molar refractivity (Wildman–Crippen MR) is 101 cm³/mol. The summed E-state index contributed by atoms with van der Waals surface area (Å²) in [7, 11) is 0. The number of carbonyl (C=O) groups excluding carboxylic acids is 1. The Morgan fingerprint density at radius 3 is 2.50 bits per heavy atom. The molecule has 0 spiro atoms. The van der Waals surface area contributed by atoms with Crippen molar-refractivity contribution in [3.63, 3.8) is 0 Å². The van der Waals surface area contributed by atoms with Crippen LogP contribution in [-0.4, -0.2) is 48.5 Å². The molecule has 2 aliphatic rings. The molecule has 6 nitrogen and oxygen atoms in total. The van der Waals surface area contributed by atoms with E-state index in [0.717, 1.165) is 28.1 Å². The molecule has 0 fully saturated rings. The van der Waals surface area contributed by atoms with E-state index in [-0.39, 0.29) is 25.2 Å². The van der Waals surface area contributed by atoms with E-state index in [1.165, 1.54) is 0 Å². The van der Waals surface area contributed by atoms with E-state index in [0.29, 0.717) is 24.2 Å². The average molecular weight is 351 g/mol. The molecule has 1 atom stereocenters. The summed E-state index contributed by atoms with van der Waals surface area (Å²) in [5.74, 6) is -0.0152. The Hall–Kier alpha value is -2.67. The van der Waals surface area contributed by atoms with Crippen LogP contribution in [0.2, 0.25) is 0 Å². The van der Waals surface area contributed by atoms with Crippen molar-refractivity contribution in [1.82, 2.24) is 5.32 Å². The van der Waals surface area contributed by atoms with Gasteiger partial charge in [0.15, 0.2) is 5.78 Å². The lowest BCUT2D eigenvalue weighted by molar-refractivity contribution is 0.103. The Kier molecular flexibility index (Phi) is 4.46. The van der Waals surface area contributed by atoms with Crippen LogP contribution in [0.1, 0.15) is 27.0 Å². The van der Waals surface area contributed by atoms with E-state index in [4.69, 9.17) is 10.2 Å². The number of hydrogen-bond acceptors (Lipinski definition) is 6. The van der Waals surface area contributed by atoms with Gasteiger partial charge in [0, 0.05) is 35.6 Å². The normalized spacial score (nSPS) is 17.1. The molecule has 1 heterocycles. The maximum absolute atomic E-state index is 13.2. The monoisotopic (exact) mass is 351 g/mol. The topological polar surface area (TPSA) is 93.6 Å². The molecule has 5 N–H and O–H groups in total. The van der Waals surface area contributed by atoms with Crippen LogP contribution in [0.15, 0.2) is 42.5 Å². The van der Waals surface area contributed by atoms with E-state index >= 15 is 0 Å². The molecular formula is C20H21N3O3. The Bertz CT molecular complexity index is 892. The lowest BCUT2D eigenvalue weighted by atomic mass is 9.78. The molecule has 2 aromatic carbocycles. The second kappa shape index (κ2) is 6.92. The van der Waals surface area contributed by atoms with Gasteiger partial charge in [0.05, 0.1) is 24.9 Å². The highest BCUT2D eigenvalue weighted by molar-refractivity contribution is 6.23. The van der Waals surface area contributed by atoms with Crippen LogP contribution >= 0.6 is 0 Å². The first-order valence-corrected chi connectivity index (χ1v) is 8.73. The van der Waals surface area contributed by atoms with Crippen molar-refractivity contribution >= 4 is 22.7 Å². The zero-order chi connectivity index (χ0) is 18.1. The highest BCUT2D eigenvalue weighted by atomic mass is 16.3. The van der Waals surface area contributed by atoms with Gasteiger partial charge in [0.1, 0.15) is 0 Å². The van der Waals surface area contributed by atoms with Gasteiger partial charge in [-0.25, -0.2) is 0 Å². The van der Waals surface area contributed by atoms with E-state index in [2.05, 4.69) is 22.0 Å². The van der Waals surface area contributed by atoms with E-state index < -0.39 is 0 Å². The summed E-state index contributed by atoms with van der Waals surface area (Å²) in [6, 6.07) is 11.4. The molecule has 0 amide bonds. The Morgan fingerprint density at radius 2 is 1.73 bits per heavy atom. The molecule has 1 unspecified atom stereocenters. The Morgan fingerprint density at radius 1 is 0.962 bits per heavy atom. The molecule has 4 rings (SSSR count). The molecule has 1 aliphatic carbocycles. The molecule has 0 saturated heterocycles. The number of anilines is 2. The standard InChI is InChI=1S/C20H21N3O3/c24-9-7-21-15-5-6-16-18-14(11-17(23-16)22-8-10-25)12-3-1-2-4-13(12)20(26)19(15)18/h1-6,11,17,21-25H,7-10H2. The van der Waals surface area contributed by atoms with Gasteiger partial charge in [-0.05, 0) is 29.3 Å². The fraction of sp³-hybridized carbons (Fsp3) is 0.250. The number of ketones is 1. The lowest BCUT2D eigenvalue weighted by Crippen LogP contribution is -2.39. The van der Waals surface area contributed by atoms with E-state index in [1.807, 2.05) is 36.4 Å². The van der Waals surface area contributed by atoms with Crippen LogP contribution in [0.4, 0.5) is 11.4 Å². The quantitative estimate of drug-likeness (QED) is 0.461. The van der Waals surface area contributed by atoms with Gasteiger partial charge in [-0.3, -0.25) is 10.1 Å². The summed E-state index contributed by atoms with van der Waals surface area (Å²) in [4.78, 5) is 13.2. The van der Waals surface area contributed by atoms with Crippen molar-refractivity contribution in [2.45, 2.75) is 6.17 Å². The Labute approximate surface area is 151 Å². The number of rotatable bonds is 6. The molecule has 0 saturated carbocycles. The van der Waals surface area contributed by atoms with Crippen LogP contribution in [0.25, 0.3) is 5.57 Å². The molecule has 0 aromatic heterocycles. The molecule has 1 aliphatic heterocycles. The maximum atomic E-state index is 13.2. The molecule has 0 bridgehead atoms. The predicted octanol–water partition coefficient (Wildman–Crippen LogP) is 1.40. The van der Waals surface area contributed by atoms with E-state index in [1.54, 1.807) is 0 Å². The summed E-state index contributed by atoms with van der Waals surface area (Å²) in [6.45, 7) is 0.905. The van der Waals surface area contributed by atoms with Crippen LogP contribution in [0.3, 0.4) is 0 Å². The number of aliphatic hydroxyl groups is 2. The molecular weight excluding hydrogens is 330 g/mol. The number of nitrogens with one attached hydrogen (secondary N) is 3. The minimum absolute atomic E-state index is 0.00456. The third kappa shape index (κ3) is 2.68. The van der Waals surface area contributed by atoms with Crippen LogP contribution in [0, 0.1) is 0 Å². The van der Waals surface area contributed by atoms with E-state index in [9.17, 15) is 4.79 Å². The van der Waals surface area contributed by atoms with Gasteiger partial charge in [-0.15, -0.1) is 0 Å². The lowest BCUT2D eigenvalue weighted by Gasteiger charge is -2.33. The minimum Gasteiger partial charge on any atom is -0.395 e. The third-order valence-electron chi connectivity index (χ3n) is 4.71. The number of carbonyl (C=O) groups is 1. The van der Waals surface area contributed by atoms with Crippen molar-refractivity contribution in [2.24, 2.45) is 0 Å². The minimum atomic E-state index is -0.130. The van der Waals surface area contributed by atoms with Crippen molar-refractivity contribution in [3.05, 3.63) is 64.7 Å². The number of benzene rings is 2. The first-order chi connectivity index (χ1) is 12.7. The van der Waals surface area contributed by atoms with Gasteiger partial charge >= 0.3 is 0 Å². The van der Waals surface area contributed by atoms with Gasteiger partial charge in [-0.1, -0.05) is 24.3 Å². The summed E-state index contributed by atoms with van der Waals surface area (Å²) < 4.78 is 0. The molecule has 134 valence electrons. The highest BCUT2D eigenvalue weighted by Gasteiger charge is 2.34. The zero-order valence-electron chi connectivity index (χ0n) is 14.2. The summed E-state index contributed by atoms with van der Waals surface area (Å²) in [6.07, 6.45) is 1.93. The second-order valence-electron chi connectivity index (χ2n) is 6.32. The summed E-state index contributed by atoms with van der Waals surface area (Å²) in [5.41, 5.74) is 5.73. The molecule has 0 radical (unpaired) electrons. The maximum Gasteiger partial charge on any atom is 0.196 e. The number of aliphatic hydroxyl groups excluding tert-OH is 2. The van der Waals surface area contributed by atoms with Gasteiger partial charge in [0.25, 0.3) is 0 Å².